The van der Waals surface area contributed by atoms with Gasteiger partial charge in [-0.1, -0.05) is 11.6 Å². The summed E-state index contributed by atoms with van der Waals surface area (Å²) in [4.78, 5) is 5.46. The largest absolute Gasteiger partial charge is 0.325 e. The highest BCUT2D eigenvalue weighted by Crippen LogP contribution is 2.31. The molecule has 0 atom stereocenters. The summed E-state index contributed by atoms with van der Waals surface area (Å²) in [7, 11) is 0. The molecule has 2 nitrogen and oxygen atoms in total. The van der Waals surface area contributed by atoms with Crippen LogP contribution in [0.3, 0.4) is 0 Å². The van der Waals surface area contributed by atoms with Crippen LogP contribution in [0, 0.1) is 0 Å². The molecule has 0 fully saturated rings. The predicted molar refractivity (Wildman–Crippen MR) is 58.3 cm³/mol. The molecule has 0 aliphatic carbocycles. The molecule has 0 saturated carbocycles. The molecule has 0 bridgehead atoms. The van der Waals surface area contributed by atoms with Crippen molar-refractivity contribution in [1.82, 2.24) is 4.98 Å². The lowest BCUT2D eigenvalue weighted by Crippen LogP contribution is -1.94. The summed E-state index contributed by atoms with van der Waals surface area (Å²) >= 11 is 8.93. The van der Waals surface area contributed by atoms with Gasteiger partial charge < -0.3 is 5.73 Å². The van der Waals surface area contributed by atoms with E-state index in [1.165, 1.54) is 11.3 Å². The maximum atomic E-state index is 5.82. The van der Waals surface area contributed by atoms with Gasteiger partial charge in [0, 0.05) is 11.9 Å². The fraction of sp³-hybridized carbons (Fsp3) is 0.125. The number of hydrogen-bond donors (Lipinski definition) is 1. The maximum absolute atomic E-state index is 5.82. The normalized spacial score (nSPS) is 10.6. The summed E-state index contributed by atoms with van der Waals surface area (Å²) in [6.45, 7) is 0.504. The number of aromatic nitrogens is 1. The Balaban J connectivity index is 2.35. The second-order valence-electron chi connectivity index (χ2n) is 2.43. The molecule has 0 unspecified atom stereocenters. The Labute approximate surface area is 89.0 Å². The van der Waals surface area contributed by atoms with Crippen molar-refractivity contribution in [2.75, 3.05) is 0 Å². The Bertz CT molecular complexity index is 408. The summed E-state index contributed by atoms with van der Waals surface area (Å²) < 4.78 is 0.789. The minimum Gasteiger partial charge on any atom is -0.325 e. The quantitative estimate of drug-likeness (QED) is 0.862. The molecule has 2 rings (SSSR count). The molecule has 0 saturated heterocycles. The molecule has 0 radical (unpaired) electrons. The van der Waals surface area contributed by atoms with Gasteiger partial charge in [0.2, 0.25) is 0 Å². The van der Waals surface area contributed by atoms with Gasteiger partial charge in [-0.3, -0.25) is 0 Å². The Kier molecular flexibility index (Phi) is 2.64. The van der Waals surface area contributed by atoms with Gasteiger partial charge in [0.05, 0.1) is 14.9 Å². The van der Waals surface area contributed by atoms with Crippen molar-refractivity contribution in [3.8, 4) is 10.6 Å². The zero-order valence-electron chi connectivity index (χ0n) is 6.66. The molecule has 2 aromatic rings. The molecule has 2 heterocycles. The monoisotopic (exact) mass is 230 g/mol. The second-order valence-corrected chi connectivity index (χ2v) is 5.09. The summed E-state index contributed by atoms with van der Waals surface area (Å²) in [5, 5.41) is 2.96. The first-order valence-corrected chi connectivity index (χ1v) is 5.77. The van der Waals surface area contributed by atoms with E-state index in [1.54, 1.807) is 11.3 Å². The molecule has 2 N–H and O–H groups in total. The second kappa shape index (κ2) is 3.75. The van der Waals surface area contributed by atoms with E-state index in [1.807, 2.05) is 17.5 Å². The van der Waals surface area contributed by atoms with Crippen molar-refractivity contribution in [2.45, 2.75) is 6.54 Å². The first-order valence-electron chi connectivity index (χ1n) is 3.70. The van der Waals surface area contributed by atoms with Crippen LogP contribution in [0.5, 0.6) is 0 Å². The van der Waals surface area contributed by atoms with Crippen molar-refractivity contribution in [3.05, 3.63) is 26.9 Å². The van der Waals surface area contributed by atoms with Crippen molar-refractivity contribution < 1.29 is 0 Å². The summed E-state index contributed by atoms with van der Waals surface area (Å²) in [6.07, 6.45) is 0. The van der Waals surface area contributed by atoms with Crippen LogP contribution in [0.15, 0.2) is 17.5 Å². The average Bonchev–Trinajstić information content (AvgIpc) is 2.71. The lowest BCUT2D eigenvalue weighted by atomic mass is 10.4. The van der Waals surface area contributed by atoms with Gasteiger partial charge in [0.15, 0.2) is 0 Å². The van der Waals surface area contributed by atoms with Crippen LogP contribution >= 0.6 is 34.3 Å². The van der Waals surface area contributed by atoms with Crippen molar-refractivity contribution in [3.63, 3.8) is 0 Å². The molecular formula is C8H7ClN2S2. The third kappa shape index (κ3) is 1.91. The molecule has 5 heteroatoms. The van der Waals surface area contributed by atoms with Gasteiger partial charge in [-0.05, 0) is 12.1 Å². The van der Waals surface area contributed by atoms with Crippen LogP contribution in [0.2, 0.25) is 4.34 Å². The number of halogens is 1. The van der Waals surface area contributed by atoms with Crippen molar-refractivity contribution >= 4 is 34.3 Å². The summed E-state index contributed by atoms with van der Waals surface area (Å²) in [5.41, 5.74) is 6.45. The van der Waals surface area contributed by atoms with Crippen molar-refractivity contribution in [1.29, 1.82) is 0 Å². The first-order chi connectivity index (χ1) is 6.29. The van der Waals surface area contributed by atoms with E-state index < -0.39 is 0 Å². The number of rotatable bonds is 2. The predicted octanol–water partition coefficient (Wildman–Crippen LogP) is 2.98. The SMILES string of the molecule is NCc1nc(-c2ccc(Cl)s2)cs1. The third-order valence-electron chi connectivity index (χ3n) is 1.55. The van der Waals surface area contributed by atoms with Crippen LogP contribution < -0.4 is 5.73 Å². The average molecular weight is 231 g/mol. The van der Waals surface area contributed by atoms with E-state index in [4.69, 9.17) is 17.3 Å². The number of hydrogen-bond acceptors (Lipinski definition) is 4. The summed E-state index contributed by atoms with van der Waals surface area (Å²) in [6, 6.07) is 3.85. The van der Waals surface area contributed by atoms with E-state index in [2.05, 4.69) is 4.98 Å². The number of nitrogens with zero attached hydrogens (tertiary/aromatic N) is 1. The Morgan fingerprint density at radius 2 is 2.31 bits per heavy atom. The molecule has 0 aliphatic rings. The standard InChI is InChI=1S/C8H7ClN2S2/c9-7-2-1-6(13-7)5-4-12-8(3-10)11-5/h1-2,4H,3,10H2. The molecule has 0 amide bonds. The zero-order chi connectivity index (χ0) is 9.26. The fourth-order valence-corrected chi connectivity index (χ4v) is 2.72. The lowest BCUT2D eigenvalue weighted by molar-refractivity contribution is 1.04. The highest BCUT2D eigenvalue weighted by atomic mass is 35.5. The Morgan fingerprint density at radius 1 is 1.46 bits per heavy atom. The van der Waals surface area contributed by atoms with E-state index in [0.29, 0.717) is 6.54 Å². The zero-order valence-corrected chi connectivity index (χ0v) is 9.05. The van der Waals surface area contributed by atoms with E-state index in [-0.39, 0.29) is 0 Å². The molecular weight excluding hydrogens is 224 g/mol. The van der Waals surface area contributed by atoms with Gasteiger partial charge in [-0.25, -0.2) is 4.98 Å². The molecule has 68 valence electrons. The van der Waals surface area contributed by atoms with Crippen molar-refractivity contribution in [2.24, 2.45) is 5.73 Å². The number of thiazole rings is 1. The van der Waals surface area contributed by atoms with Gasteiger partial charge in [-0.15, -0.1) is 22.7 Å². The minimum atomic E-state index is 0.504. The van der Waals surface area contributed by atoms with E-state index >= 15 is 0 Å². The van der Waals surface area contributed by atoms with Crippen LogP contribution in [0.1, 0.15) is 5.01 Å². The molecule has 0 aromatic carbocycles. The van der Waals surface area contributed by atoms with Crippen LogP contribution in [0.25, 0.3) is 10.6 Å². The van der Waals surface area contributed by atoms with Crippen LogP contribution in [-0.4, -0.2) is 4.98 Å². The summed E-state index contributed by atoms with van der Waals surface area (Å²) in [5.74, 6) is 0. The minimum absolute atomic E-state index is 0.504. The van der Waals surface area contributed by atoms with Gasteiger partial charge in [0.25, 0.3) is 0 Å². The van der Waals surface area contributed by atoms with Crippen LogP contribution in [0.4, 0.5) is 0 Å². The Hall–Kier alpha value is -0.420. The molecule has 0 aliphatic heterocycles. The Morgan fingerprint density at radius 3 is 2.85 bits per heavy atom. The maximum Gasteiger partial charge on any atom is 0.107 e. The first kappa shape index (κ1) is 9.15. The molecule has 0 spiro atoms. The third-order valence-corrected chi connectivity index (χ3v) is 3.68. The van der Waals surface area contributed by atoms with Gasteiger partial charge >= 0.3 is 0 Å². The number of nitrogens with two attached hydrogens (primary N) is 1. The fourth-order valence-electron chi connectivity index (χ4n) is 0.970. The lowest BCUT2D eigenvalue weighted by Gasteiger charge is -1.87. The smallest absolute Gasteiger partial charge is 0.107 e. The topological polar surface area (TPSA) is 38.9 Å². The molecule has 2 aromatic heterocycles. The number of thiophene rings is 1. The molecule has 13 heavy (non-hydrogen) atoms. The highest BCUT2D eigenvalue weighted by molar-refractivity contribution is 7.19. The highest BCUT2D eigenvalue weighted by Gasteiger charge is 2.05. The van der Waals surface area contributed by atoms with Crippen LogP contribution in [-0.2, 0) is 6.54 Å². The van der Waals surface area contributed by atoms with E-state index in [9.17, 15) is 0 Å². The van der Waals surface area contributed by atoms with E-state index in [0.717, 1.165) is 19.9 Å². The van der Waals surface area contributed by atoms with Gasteiger partial charge in [-0.2, -0.15) is 0 Å². The van der Waals surface area contributed by atoms with Gasteiger partial charge in [0.1, 0.15) is 5.01 Å².